The Morgan fingerprint density at radius 2 is 1.75 bits per heavy atom. The maximum atomic E-state index is 12.5. The molecular formula is C22H23NO. The number of fused-ring (bicyclic) bond motifs is 1. The second kappa shape index (κ2) is 7.41. The summed E-state index contributed by atoms with van der Waals surface area (Å²) < 4.78 is 0. The molecule has 0 aromatic heterocycles. The van der Waals surface area contributed by atoms with Gasteiger partial charge in [-0.3, -0.25) is 4.79 Å². The van der Waals surface area contributed by atoms with Gasteiger partial charge in [-0.25, -0.2) is 0 Å². The molecule has 3 aromatic carbocycles. The predicted octanol–water partition coefficient (Wildman–Crippen LogP) is 4.85. The van der Waals surface area contributed by atoms with Gasteiger partial charge in [0.1, 0.15) is 0 Å². The summed E-state index contributed by atoms with van der Waals surface area (Å²) in [4.78, 5) is 14.7. The summed E-state index contributed by atoms with van der Waals surface area (Å²) >= 11 is 0. The van der Waals surface area contributed by atoms with E-state index < -0.39 is 0 Å². The molecule has 24 heavy (non-hydrogen) atoms. The molecule has 2 nitrogen and oxygen atoms in total. The van der Waals surface area contributed by atoms with Crippen LogP contribution in [0.3, 0.4) is 0 Å². The Balaban J connectivity index is 1.62. The minimum atomic E-state index is 0.207. The number of ketones is 1. The van der Waals surface area contributed by atoms with Gasteiger partial charge in [0.2, 0.25) is 0 Å². The van der Waals surface area contributed by atoms with Crippen molar-refractivity contribution in [2.75, 3.05) is 13.6 Å². The number of carbonyl (C=O) groups excluding carboxylic acids is 1. The molecule has 2 heteroatoms. The zero-order chi connectivity index (χ0) is 16.9. The van der Waals surface area contributed by atoms with E-state index in [1.807, 2.05) is 36.4 Å². The molecule has 122 valence electrons. The lowest BCUT2D eigenvalue weighted by atomic mass is 10.00. The largest absolute Gasteiger partial charge is 0.302 e. The monoisotopic (exact) mass is 317 g/mol. The Hall–Kier alpha value is -2.45. The number of benzene rings is 3. The van der Waals surface area contributed by atoms with Crippen molar-refractivity contribution in [3.8, 4) is 0 Å². The van der Waals surface area contributed by atoms with Crippen LogP contribution in [-0.2, 0) is 6.54 Å². The zero-order valence-electron chi connectivity index (χ0n) is 14.3. The molecule has 0 aliphatic heterocycles. The van der Waals surface area contributed by atoms with Crippen LogP contribution in [0.5, 0.6) is 0 Å². The summed E-state index contributed by atoms with van der Waals surface area (Å²) in [6.07, 6.45) is 0.542. The minimum absolute atomic E-state index is 0.207. The topological polar surface area (TPSA) is 20.3 Å². The van der Waals surface area contributed by atoms with Crippen molar-refractivity contribution in [1.29, 1.82) is 0 Å². The minimum Gasteiger partial charge on any atom is -0.302 e. The molecule has 0 aliphatic rings. The molecule has 0 spiro atoms. The van der Waals surface area contributed by atoms with Gasteiger partial charge in [-0.1, -0.05) is 60.7 Å². The highest BCUT2D eigenvalue weighted by atomic mass is 16.1. The van der Waals surface area contributed by atoms with Crippen LogP contribution in [0.1, 0.15) is 27.9 Å². The first-order valence-corrected chi connectivity index (χ1v) is 8.38. The van der Waals surface area contributed by atoms with Gasteiger partial charge in [0.25, 0.3) is 0 Å². The van der Waals surface area contributed by atoms with E-state index >= 15 is 0 Å². The van der Waals surface area contributed by atoms with Gasteiger partial charge >= 0.3 is 0 Å². The van der Waals surface area contributed by atoms with Crippen molar-refractivity contribution >= 4 is 16.6 Å². The van der Waals surface area contributed by atoms with Gasteiger partial charge in [0.05, 0.1) is 0 Å². The van der Waals surface area contributed by atoms with Gasteiger partial charge in [-0.2, -0.15) is 0 Å². The van der Waals surface area contributed by atoms with Crippen molar-refractivity contribution in [3.63, 3.8) is 0 Å². The summed E-state index contributed by atoms with van der Waals surface area (Å²) in [5.41, 5.74) is 3.32. The van der Waals surface area contributed by atoms with Crippen LogP contribution in [0.4, 0.5) is 0 Å². The van der Waals surface area contributed by atoms with Crippen molar-refractivity contribution in [3.05, 3.63) is 83.4 Å². The molecule has 0 fully saturated rings. The van der Waals surface area contributed by atoms with E-state index in [-0.39, 0.29) is 5.78 Å². The average Bonchev–Trinajstić information content (AvgIpc) is 2.60. The summed E-state index contributed by atoms with van der Waals surface area (Å²) in [7, 11) is 2.06. The Bertz CT molecular complexity index is 839. The third-order valence-electron chi connectivity index (χ3n) is 4.44. The number of aryl methyl sites for hydroxylation is 1. The van der Waals surface area contributed by atoms with Crippen molar-refractivity contribution in [2.24, 2.45) is 0 Å². The Morgan fingerprint density at radius 1 is 0.958 bits per heavy atom. The second-order valence-corrected chi connectivity index (χ2v) is 6.41. The van der Waals surface area contributed by atoms with Gasteiger partial charge in [-0.15, -0.1) is 0 Å². The first-order chi connectivity index (χ1) is 11.6. The van der Waals surface area contributed by atoms with Gasteiger partial charge < -0.3 is 4.90 Å². The highest BCUT2D eigenvalue weighted by molar-refractivity contribution is 6.00. The fourth-order valence-electron chi connectivity index (χ4n) is 3.03. The highest BCUT2D eigenvalue weighted by Crippen LogP contribution is 2.20. The van der Waals surface area contributed by atoms with Crippen LogP contribution in [0, 0.1) is 6.92 Å². The lowest BCUT2D eigenvalue weighted by molar-refractivity contribution is 0.0968. The second-order valence-electron chi connectivity index (χ2n) is 6.41. The van der Waals surface area contributed by atoms with Crippen LogP contribution >= 0.6 is 0 Å². The number of Topliss-reactive ketones (excluding diaryl/α,β-unsaturated/α-hetero) is 1. The maximum Gasteiger partial charge on any atom is 0.164 e. The van der Waals surface area contributed by atoms with E-state index in [0.29, 0.717) is 6.42 Å². The van der Waals surface area contributed by atoms with Gasteiger partial charge in [-0.05, 0) is 41.9 Å². The van der Waals surface area contributed by atoms with Crippen LogP contribution < -0.4 is 0 Å². The first-order valence-electron chi connectivity index (χ1n) is 8.38. The molecule has 0 unspecified atom stereocenters. The number of hydrogen-bond donors (Lipinski definition) is 0. The van der Waals surface area contributed by atoms with Crippen molar-refractivity contribution in [1.82, 2.24) is 4.90 Å². The fourth-order valence-corrected chi connectivity index (χ4v) is 3.03. The van der Waals surface area contributed by atoms with Crippen molar-refractivity contribution in [2.45, 2.75) is 19.9 Å². The Morgan fingerprint density at radius 3 is 2.54 bits per heavy atom. The van der Waals surface area contributed by atoms with Gasteiger partial charge in [0.15, 0.2) is 5.78 Å². The summed E-state index contributed by atoms with van der Waals surface area (Å²) in [5, 5.41) is 2.36. The molecule has 0 aliphatic carbocycles. The molecule has 3 aromatic rings. The van der Waals surface area contributed by atoms with Crippen LogP contribution in [0.25, 0.3) is 10.8 Å². The normalized spacial score (nSPS) is 11.1. The molecule has 0 heterocycles. The molecule has 0 saturated carbocycles. The molecular weight excluding hydrogens is 294 g/mol. The van der Waals surface area contributed by atoms with E-state index in [0.717, 1.165) is 24.0 Å². The maximum absolute atomic E-state index is 12.5. The standard InChI is InChI=1S/C22H23NO/c1-17-7-6-10-19-15-20(11-12-21(17)19)22(24)13-14-23(2)16-18-8-4-3-5-9-18/h3-12,15H,13-14,16H2,1-2H3. The molecule has 0 saturated heterocycles. The van der Waals surface area contributed by atoms with E-state index in [4.69, 9.17) is 0 Å². The fraction of sp³-hybridized carbons (Fsp3) is 0.227. The van der Waals surface area contributed by atoms with Crippen molar-refractivity contribution < 1.29 is 4.79 Å². The summed E-state index contributed by atoms with van der Waals surface area (Å²) in [6.45, 7) is 3.73. The van der Waals surface area contributed by atoms with E-state index in [1.54, 1.807) is 0 Å². The van der Waals surface area contributed by atoms with E-state index in [1.165, 1.54) is 16.5 Å². The Labute approximate surface area is 143 Å². The summed E-state index contributed by atoms with van der Waals surface area (Å²) in [5.74, 6) is 0.207. The Kier molecular flexibility index (Phi) is 5.07. The SMILES string of the molecule is Cc1cccc2cc(C(=O)CCN(C)Cc3ccccc3)ccc12. The van der Waals surface area contributed by atoms with Crippen LogP contribution in [0.15, 0.2) is 66.7 Å². The van der Waals surface area contributed by atoms with E-state index in [9.17, 15) is 4.79 Å². The molecule has 0 atom stereocenters. The molecule has 3 rings (SSSR count). The third kappa shape index (κ3) is 3.90. The molecule has 0 amide bonds. The summed E-state index contributed by atoms with van der Waals surface area (Å²) in [6, 6.07) is 22.6. The lowest BCUT2D eigenvalue weighted by Gasteiger charge is -2.16. The predicted molar refractivity (Wildman–Crippen MR) is 100 cm³/mol. The highest BCUT2D eigenvalue weighted by Gasteiger charge is 2.09. The smallest absolute Gasteiger partial charge is 0.164 e. The van der Waals surface area contributed by atoms with Gasteiger partial charge in [0, 0.05) is 25.1 Å². The average molecular weight is 317 g/mol. The van der Waals surface area contributed by atoms with Crippen LogP contribution in [-0.4, -0.2) is 24.3 Å². The van der Waals surface area contributed by atoms with Crippen LogP contribution in [0.2, 0.25) is 0 Å². The lowest BCUT2D eigenvalue weighted by Crippen LogP contribution is -2.21. The number of nitrogens with zero attached hydrogens (tertiary/aromatic N) is 1. The molecule has 0 bridgehead atoms. The third-order valence-corrected chi connectivity index (χ3v) is 4.44. The first kappa shape index (κ1) is 16.4. The zero-order valence-corrected chi connectivity index (χ0v) is 14.3. The number of rotatable bonds is 6. The van der Waals surface area contributed by atoms with E-state index in [2.05, 4.69) is 49.2 Å². The molecule has 0 N–H and O–H groups in total. The quantitative estimate of drug-likeness (QED) is 0.606. The molecule has 0 radical (unpaired) electrons. The number of carbonyl (C=O) groups is 1. The number of hydrogen-bond acceptors (Lipinski definition) is 2.